The minimum atomic E-state index is -0.844. The molecule has 2 fully saturated rings. The van der Waals surface area contributed by atoms with Crippen LogP contribution in [-0.2, 0) is 9.47 Å². The normalized spacial score (nSPS) is 56.7. The van der Waals surface area contributed by atoms with Gasteiger partial charge in [-0.3, -0.25) is 0 Å². The summed E-state index contributed by atoms with van der Waals surface area (Å²) in [5, 5.41) is 18.0. The lowest BCUT2D eigenvalue weighted by Crippen LogP contribution is -2.39. The Morgan fingerprint density at radius 1 is 1.22 bits per heavy atom. The van der Waals surface area contributed by atoms with Crippen LogP contribution in [-0.4, -0.2) is 41.4 Å². The summed E-state index contributed by atoms with van der Waals surface area (Å²) in [6.07, 6.45) is -2.47. The zero-order valence-electron chi connectivity index (χ0n) is 4.73. The molecule has 0 amide bonds. The largest absolute Gasteiger partial charge is 0.387 e. The monoisotopic (exact) mass is 132 g/mol. The average molecular weight is 132 g/mol. The van der Waals surface area contributed by atoms with Crippen LogP contribution in [0.4, 0.5) is 0 Å². The van der Waals surface area contributed by atoms with Gasteiger partial charge < -0.3 is 19.7 Å². The van der Waals surface area contributed by atoms with Gasteiger partial charge in [-0.2, -0.15) is 0 Å². The van der Waals surface area contributed by atoms with Crippen LogP contribution in [0.2, 0.25) is 0 Å². The van der Waals surface area contributed by atoms with Crippen LogP contribution in [0.3, 0.4) is 0 Å². The third-order valence-corrected chi connectivity index (χ3v) is 1.74. The molecule has 4 nitrogen and oxygen atoms in total. The number of hydrogen-bond acceptors (Lipinski definition) is 4. The molecule has 2 saturated heterocycles. The molecule has 4 heteroatoms. The predicted octanol–water partition coefficient (Wildman–Crippen LogP) is -1.54. The molecule has 2 aliphatic rings. The maximum absolute atomic E-state index is 9.03. The highest BCUT2D eigenvalue weighted by atomic mass is 16.7. The molecule has 0 spiro atoms. The third kappa shape index (κ3) is 0.616. The van der Waals surface area contributed by atoms with Gasteiger partial charge >= 0.3 is 0 Å². The Bertz CT molecular complexity index is 108. The number of ether oxygens (including phenoxy) is 2. The van der Waals surface area contributed by atoms with Gasteiger partial charge in [-0.1, -0.05) is 0 Å². The molecule has 0 aromatic heterocycles. The fourth-order valence-corrected chi connectivity index (χ4v) is 1.18. The second kappa shape index (κ2) is 1.67. The van der Waals surface area contributed by atoms with E-state index >= 15 is 0 Å². The fourth-order valence-electron chi connectivity index (χ4n) is 1.18. The van der Waals surface area contributed by atoms with Crippen molar-refractivity contribution in [3.63, 3.8) is 0 Å². The van der Waals surface area contributed by atoms with Crippen LogP contribution in [0.5, 0.6) is 0 Å². The zero-order chi connectivity index (χ0) is 6.43. The van der Waals surface area contributed by atoms with Crippen molar-refractivity contribution in [2.75, 3.05) is 6.61 Å². The molecule has 2 aliphatic heterocycles. The van der Waals surface area contributed by atoms with Crippen LogP contribution >= 0.6 is 0 Å². The molecule has 0 radical (unpaired) electrons. The van der Waals surface area contributed by atoms with Gasteiger partial charge in [0.25, 0.3) is 0 Å². The van der Waals surface area contributed by atoms with E-state index in [1.165, 1.54) is 0 Å². The number of hydrogen-bond donors (Lipinski definition) is 2. The maximum Gasteiger partial charge on any atom is 0.186 e. The Kier molecular flexibility index (Phi) is 1.04. The van der Waals surface area contributed by atoms with Crippen molar-refractivity contribution in [3.8, 4) is 0 Å². The van der Waals surface area contributed by atoms with Crippen LogP contribution in [0.25, 0.3) is 0 Å². The quantitative estimate of drug-likeness (QED) is 0.419. The molecule has 4 atom stereocenters. The van der Waals surface area contributed by atoms with E-state index in [1.54, 1.807) is 0 Å². The van der Waals surface area contributed by atoms with Crippen molar-refractivity contribution >= 4 is 0 Å². The second-order valence-electron chi connectivity index (χ2n) is 2.36. The summed E-state index contributed by atoms with van der Waals surface area (Å²) in [5.41, 5.74) is 0. The van der Waals surface area contributed by atoms with Gasteiger partial charge in [0.05, 0.1) is 6.61 Å². The lowest BCUT2D eigenvalue weighted by Gasteiger charge is -2.17. The number of fused-ring (bicyclic) bond motifs is 2. The Balaban J connectivity index is 2.15. The molecule has 2 heterocycles. The maximum atomic E-state index is 9.03. The van der Waals surface area contributed by atoms with Crippen molar-refractivity contribution in [3.05, 3.63) is 0 Å². The third-order valence-electron chi connectivity index (χ3n) is 1.74. The minimum Gasteiger partial charge on any atom is -0.387 e. The predicted molar refractivity (Wildman–Crippen MR) is 26.6 cm³/mol. The Labute approximate surface area is 52.0 Å². The topological polar surface area (TPSA) is 58.9 Å². The van der Waals surface area contributed by atoms with Crippen molar-refractivity contribution in [1.82, 2.24) is 0 Å². The van der Waals surface area contributed by atoms with Gasteiger partial charge in [0.15, 0.2) is 6.29 Å². The van der Waals surface area contributed by atoms with Crippen molar-refractivity contribution in [2.45, 2.75) is 24.6 Å². The van der Waals surface area contributed by atoms with Gasteiger partial charge in [0.2, 0.25) is 0 Å². The summed E-state index contributed by atoms with van der Waals surface area (Å²) in [5.74, 6) is 0. The van der Waals surface area contributed by atoms with E-state index in [9.17, 15) is 0 Å². The first-order chi connectivity index (χ1) is 4.29. The summed E-state index contributed by atoms with van der Waals surface area (Å²) >= 11 is 0. The molecule has 0 aromatic carbocycles. The van der Waals surface area contributed by atoms with Crippen molar-refractivity contribution in [2.24, 2.45) is 0 Å². The standard InChI is InChI=1S/C5H8O4/c6-3-2-1-8-5(9-2)4(3)7/h2-7H,1H2/t2-,3-,4+,5?/m1/s1. The molecule has 2 rings (SSSR count). The van der Waals surface area contributed by atoms with Crippen LogP contribution in [0, 0.1) is 0 Å². The zero-order valence-corrected chi connectivity index (χ0v) is 4.73. The van der Waals surface area contributed by atoms with Gasteiger partial charge in [-0.25, -0.2) is 0 Å². The van der Waals surface area contributed by atoms with Gasteiger partial charge in [0, 0.05) is 0 Å². The Hall–Kier alpha value is -0.160. The molecule has 52 valence electrons. The number of aliphatic hydroxyl groups excluding tert-OH is 2. The summed E-state index contributed by atoms with van der Waals surface area (Å²) in [4.78, 5) is 0. The smallest absolute Gasteiger partial charge is 0.186 e. The van der Waals surface area contributed by atoms with Crippen molar-refractivity contribution in [1.29, 1.82) is 0 Å². The lowest BCUT2D eigenvalue weighted by atomic mass is 10.1. The highest BCUT2D eigenvalue weighted by Gasteiger charge is 2.48. The summed E-state index contributed by atoms with van der Waals surface area (Å²) < 4.78 is 9.88. The first kappa shape index (κ1) is 5.61. The number of rotatable bonds is 0. The van der Waals surface area contributed by atoms with Gasteiger partial charge in [-0.05, 0) is 0 Å². The second-order valence-corrected chi connectivity index (χ2v) is 2.36. The van der Waals surface area contributed by atoms with E-state index in [0.29, 0.717) is 6.61 Å². The first-order valence-corrected chi connectivity index (χ1v) is 2.92. The highest BCUT2D eigenvalue weighted by molar-refractivity contribution is 4.90. The van der Waals surface area contributed by atoms with Crippen LogP contribution < -0.4 is 0 Å². The lowest BCUT2D eigenvalue weighted by molar-refractivity contribution is -0.111. The van der Waals surface area contributed by atoms with E-state index in [0.717, 1.165) is 0 Å². The van der Waals surface area contributed by atoms with Gasteiger partial charge in [-0.15, -0.1) is 0 Å². The van der Waals surface area contributed by atoms with Crippen LogP contribution in [0.1, 0.15) is 0 Å². The van der Waals surface area contributed by atoms with Crippen molar-refractivity contribution < 1.29 is 19.7 Å². The molecule has 0 aromatic rings. The SMILES string of the molecule is O[C@H]1[C@H](O)C2OC[C@H]1O2. The first-order valence-electron chi connectivity index (χ1n) is 2.92. The van der Waals surface area contributed by atoms with E-state index < -0.39 is 18.5 Å². The number of aliphatic hydroxyl groups is 2. The molecule has 9 heavy (non-hydrogen) atoms. The summed E-state index contributed by atoms with van der Waals surface area (Å²) in [7, 11) is 0. The average Bonchev–Trinajstić information content (AvgIpc) is 2.37. The summed E-state index contributed by atoms with van der Waals surface area (Å²) in [6.45, 7) is 0.406. The fraction of sp³-hybridized carbons (Fsp3) is 1.00. The molecule has 1 unspecified atom stereocenters. The van der Waals surface area contributed by atoms with E-state index in [-0.39, 0.29) is 6.10 Å². The summed E-state index contributed by atoms with van der Waals surface area (Å²) in [6, 6.07) is 0. The highest BCUT2D eigenvalue weighted by Crippen LogP contribution is 2.28. The molecular weight excluding hydrogens is 124 g/mol. The Morgan fingerprint density at radius 3 is 2.33 bits per heavy atom. The molecular formula is C5H8O4. The molecule has 2 N–H and O–H groups in total. The van der Waals surface area contributed by atoms with Gasteiger partial charge in [0.1, 0.15) is 18.3 Å². The van der Waals surface area contributed by atoms with E-state index in [2.05, 4.69) is 0 Å². The minimum absolute atomic E-state index is 0.301. The van der Waals surface area contributed by atoms with E-state index in [1.807, 2.05) is 0 Å². The van der Waals surface area contributed by atoms with Crippen LogP contribution in [0.15, 0.2) is 0 Å². The molecule has 0 aliphatic carbocycles. The molecule has 2 bridgehead atoms. The van der Waals surface area contributed by atoms with E-state index in [4.69, 9.17) is 19.7 Å². The molecule has 0 saturated carbocycles. The Morgan fingerprint density at radius 2 is 2.00 bits per heavy atom.